The van der Waals surface area contributed by atoms with Crippen LogP contribution in [-0.4, -0.2) is 25.1 Å². The second kappa shape index (κ2) is 8.33. The van der Waals surface area contributed by atoms with E-state index in [2.05, 4.69) is 5.32 Å². The van der Waals surface area contributed by atoms with Crippen molar-refractivity contribution in [2.24, 2.45) is 0 Å². The number of alkyl halides is 3. The summed E-state index contributed by atoms with van der Waals surface area (Å²) in [5.74, 6) is 0.637. The van der Waals surface area contributed by atoms with Crippen molar-refractivity contribution in [3.63, 3.8) is 0 Å². The fourth-order valence-electron chi connectivity index (χ4n) is 2.83. The highest BCUT2D eigenvalue weighted by Gasteiger charge is 2.33. The number of carbonyl (C=O) groups excluding carboxylic acids is 1. The van der Waals surface area contributed by atoms with E-state index in [0.29, 0.717) is 5.75 Å². The maximum atomic E-state index is 13.1. The molecule has 2 amide bonds. The van der Waals surface area contributed by atoms with E-state index in [-0.39, 0.29) is 18.2 Å². The number of hydrogen-bond donors (Lipinski definition) is 1. The molecule has 1 atom stereocenters. The molecule has 2 aromatic rings. The first-order chi connectivity index (χ1) is 12.6. The molecule has 0 aliphatic heterocycles. The molecule has 4 nitrogen and oxygen atoms in total. The van der Waals surface area contributed by atoms with E-state index in [9.17, 15) is 18.0 Å². The van der Waals surface area contributed by atoms with Crippen LogP contribution in [-0.2, 0) is 12.7 Å². The Morgan fingerprint density at radius 3 is 2.52 bits per heavy atom. The number of benzene rings is 2. The zero-order chi connectivity index (χ0) is 20.2. The molecule has 0 fully saturated rings. The fraction of sp³-hybridized carbons (Fsp3) is 0.350. The third kappa shape index (κ3) is 5.15. The average Bonchev–Trinajstić information content (AvgIpc) is 2.61. The molecule has 0 unspecified atom stereocenters. The second-order valence-corrected chi connectivity index (χ2v) is 6.43. The molecule has 7 heteroatoms. The number of aryl methyl sites for hydroxylation is 1. The average molecular weight is 380 g/mol. The summed E-state index contributed by atoms with van der Waals surface area (Å²) in [6, 6.07) is 10.0. The molecule has 0 saturated carbocycles. The van der Waals surface area contributed by atoms with E-state index in [1.165, 1.54) is 30.1 Å². The maximum Gasteiger partial charge on any atom is 0.416 e. The number of amides is 2. The highest BCUT2D eigenvalue weighted by molar-refractivity contribution is 5.74. The van der Waals surface area contributed by atoms with Crippen LogP contribution in [0, 0.1) is 6.92 Å². The summed E-state index contributed by atoms with van der Waals surface area (Å²) in [6.45, 7) is 3.57. The van der Waals surface area contributed by atoms with Gasteiger partial charge in [-0.1, -0.05) is 35.9 Å². The van der Waals surface area contributed by atoms with Gasteiger partial charge in [0.2, 0.25) is 0 Å². The summed E-state index contributed by atoms with van der Waals surface area (Å²) in [4.78, 5) is 13.7. The summed E-state index contributed by atoms with van der Waals surface area (Å²) in [7, 11) is 3.01. The van der Waals surface area contributed by atoms with E-state index in [4.69, 9.17) is 4.74 Å². The molecular formula is C20H23F3N2O2. The Morgan fingerprint density at radius 1 is 1.22 bits per heavy atom. The number of nitrogens with zero attached hydrogens (tertiary/aromatic N) is 1. The van der Waals surface area contributed by atoms with Crippen molar-refractivity contribution < 1.29 is 22.7 Å². The van der Waals surface area contributed by atoms with Crippen LogP contribution in [0.5, 0.6) is 5.75 Å². The molecule has 0 spiro atoms. The summed E-state index contributed by atoms with van der Waals surface area (Å²) in [5.41, 5.74) is 1.12. The van der Waals surface area contributed by atoms with E-state index in [1.54, 1.807) is 14.0 Å². The van der Waals surface area contributed by atoms with Crippen LogP contribution in [0.3, 0.4) is 0 Å². The molecule has 1 N–H and O–H groups in total. The first-order valence-corrected chi connectivity index (χ1v) is 8.44. The van der Waals surface area contributed by atoms with Gasteiger partial charge in [0, 0.05) is 19.2 Å². The molecule has 0 aliphatic rings. The van der Waals surface area contributed by atoms with Gasteiger partial charge in [-0.3, -0.25) is 0 Å². The molecule has 2 aromatic carbocycles. The molecule has 2 rings (SSSR count). The van der Waals surface area contributed by atoms with Crippen molar-refractivity contribution in [3.8, 4) is 5.75 Å². The largest absolute Gasteiger partial charge is 0.496 e. The minimum atomic E-state index is -4.46. The monoisotopic (exact) mass is 380 g/mol. The number of ether oxygens (including phenoxy) is 1. The minimum Gasteiger partial charge on any atom is -0.496 e. The van der Waals surface area contributed by atoms with Gasteiger partial charge in [-0.25, -0.2) is 4.79 Å². The number of urea groups is 1. The number of rotatable bonds is 5. The first-order valence-electron chi connectivity index (χ1n) is 8.44. The molecule has 0 radical (unpaired) electrons. The normalized spacial score (nSPS) is 12.4. The van der Waals surface area contributed by atoms with Crippen molar-refractivity contribution in [2.75, 3.05) is 14.2 Å². The Balaban J connectivity index is 2.12. The van der Waals surface area contributed by atoms with Crippen LogP contribution in [0.2, 0.25) is 0 Å². The van der Waals surface area contributed by atoms with Crippen molar-refractivity contribution in [1.82, 2.24) is 10.2 Å². The maximum absolute atomic E-state index is 13.1. The fourth-order valence-corrected chi connectivity index (χ4v) is 2.83. The third-order valence-corrected chi connectivity index (χ3v) is 4.27. The molecule has 146 valence electrons. The smallest absolute Gasteiger partial charge is 0.416 e. The quantitative estimate of drug-likeness (QED) is 0.800. The topological polar surface area (TPSA) is 41.6 Å². The lowest BCUT2D eigenvalue weighted by Crippen LogP contribution is -2.38. The van der Waals surface area contributed by atoms with E-state index >= 15 is 0 Å². The summed E-state index contributed by atoms with van der Waals surface area (Å²) in [6.07, 6.45) is -4.46. The molecule has 0 heterocycles. The minimum absolute atomic E-state index is 0.0449. The number of methoxy groups -OCH3 is 1. The van der Waals surface area contributed by atoms with Gasteiger partial charge in [0.05, 0.1) is 18.7 Å². The molecule has 0 aromatic heterocycles. The van der Waals surface area contributed by atoms with E-state index in [1.807, 2.05) is 25.1 Å². The van der Waals surface area contributed by atoms with Gasteiger partial charge in [0.15, 0.2) is 0 Å². The standard InChI is InChI=1S/C20H23F3N2O2/c1-13-9-10-18(27-4)16(11-13)14(2)24-19(26)25(3)12-15-7-5-6-8-17(15)20(21,22)23/h5-11,14H,12H2,1-4H3,(H,24,26)/t14-/m0/s1. The zero-order valence-electron chi connectivity index (χ0n) is 15.7. The molecule has 0 saturated heterocycles. The molecule has 27 heavy (non-hydrogen) atoms. The van der Waals surface area contributed by atoms with Gasteiger partial charge >= 0.3 is 12.2 Å². The Labute approximate surface area is 156 Å². The van der Waals surface area contributed by atoms with E-state index in [0.717, 1.165) is 17.2 Å². The van der Waals surface area contributed by atoms with Crippen molar-refractivity contribution in [3.05, 3.63) is 64.7 Å². The number of hydrogen-bond acceptors (Lipinski definition) is 2. The molecule has 0 bridgehead atoms. The van der Waals surface area contributed by atoms with Crippen LogP contribution in [0.25, 0.3) is 0 Å². The van der Waals surface area contributed by atoms with Crippen LogP contribution in [0.1, 0.15) is 35.2 Å². The van der Waals surface area contributed by atoms with Crippen LogP contribution >= 0.6 is 0 Å². The Morgan fingerprint density at radius 2 is 1.89 bits per heavy atom. The number of carbonyl (C=O) groups is 1. The lowest BCUT2D eigenvalue weighted by Gasteiger charge is -2.24. The first kappa shape index (κ1) is 20.6. The van der Waals surface area contributed by atoms with Crippen molar-refractivity contribution >= 4 is 6.03 Å². The Bertz CT molecular complexity index is 806. The lowest BCUT2D eigenvalue weighted by molar-refractivity contribution is -0.138. The third-order valence-electron chi connectivity index (χ3n) is 4.27. The predicted octanol–water partition coefficient (Wildman–Crippen LogP) is 4.93. The number of nitrogens with one attached hydrogen (secondary N) is 1. The number of halogens is 3. The van der Waals surface area contributed by atoms with Gasteiger partial charge in [-0.2, -0.15) is 13.2 Å². The van der Waals surface area contributed by atoms with Crippen LogP contribution in [0.15, 0.2) is 42.5 Å². The van der Waals surface area contributed by atoms with Gasteiger partial charge in [-0.05, 0) is 31.5 Å². The van der Waals surface area contributed by atoms with Gasteiger partial charge < -0.3 is 15.0 Å². The summed E-state index contributed by atoms with van der Waals surface area (Å²) in [5, 5.41) is 2.80. The van der Waals surface area contributed by atoms with Crippen LogP contribution < -0.4 is 10.1 Å². The zero-order valence-corrected chi connectivity index (χ0v) is 15.7. The highest BCUT2D eigenvalue weighted by Crippen LogP contribution is 2.32. The van der Waals surface area contributed by atoms with E-state index < -0.39 is 17.8 Å². The Hall–Kier alpha value is -2.70. The summed E-state index contributed by atoms with van der Waals surface area (Å²) >= 11 is 0. The second-order valence-electron chi connectivity index (χ2n) is 6.43. The van der Waals surface area contributed by atoms with Gasteiger partial charge in [-0.15, -0.1) is 0 Å². The molecular weight excluding hydrogens is 357 g/mol. The lowest BCUT2D eigenvalue weighted by atomic mass is 10.0. The van der Waals surface area contributed by atoms with Crippen molar-refractivity contribution in [2.45, 2.75) is 32.6 Å². The van der Waals surface area contributed by atoms with Crippen LogP contribution in [0.4, 0.5) is 18.0 Å². The highest BCUT2D eigenvalue weighted by atomic mass is 19.4. The molecule has 0 aliphatic carbocycles. The van der Waals surface area contributed by atoms with Gasteiger partial charge in [0.1, 0.15) is 5.75 Å². The SMILES string of the molecule is COc1ccc(C)cc1[C@H](C)NC(=O)N(C)Cc1ccccc1C(F)(F)F. The predicted molar refractivity (Wildman–Crippen MR) is 97.6 cm³/mol. The van der Waals surface area contributed by atoms with Crippen molar-refractivity contribution in [1.29, 1.82) is 0 Å². The Kier molecular flexibility index (Phi) is 6.36. The van der Waals surface area contributed by atoms with Gasteiger partial charge in [0.25, 0.3) is 0 Å². The summed E-state index contributed by atoms with van der Waals surface area (Å²) < 4.78 is 44.7.